The van der Waals surface area contributed by atoms with Crippen LogP contribution in [0, 0.1) is 0 Å². The summed E-state index contributed by atoms with van der Waals surface area (Å²) in [5, 5.41) is 0. The third kappa shape index (κ3) is 7.65. The lowest BCUT2D eigenvalue weighted by atomic mass is 9.97. The van der Waals surface area contributed by atoms with Crippen molar-refractivity contribution in [1.82, 2.24) is 0 Å². The molecule has 1 aliphatic rings. The molecule has 1 fully saturated rings. The molecule has 1 aromatic carbocycles. The van der Waals surface area contributed by atoms with Crippen LogP contribution in [0.25, 0.3) is 0 Å². The summed E-state index contributed by atoms with van der Waals surface area (Å²) in [5.74, 6) is -3.69. The Morgan fingerprint density at radius 1 is 0.833 bits per heavy atom. The monoisotopic (exact) mass is 511 g/mol. The molecule has 1 aliphatic heterocycles. The quantitative estimate of drug-likeness (QED) is 0.341. The van der Waals surface area contributed by atoms with Crippen LogP contribution >= 0.6 is 0 Å². The molecule has 13 heteroatoms. The summed E-state index contributed by atoms with van der Waals surface area (Å²) < 4.78 is 36.7. The number of benzene rings is 1. The van der Waals surface area contributed by atoms with Crippen LogP contribution in [0.15, 0.2) is 24.3 Å². The third-order valence-electron chi connectivity index (χ3n) is 4.97. The maximum atomic E-state index is 12.5. The van der Waals surface area contributed by atoms with Crippen LogP contribution in [-0.4, -0.2) is 80.8 Å². The standard InChI is InChI=1S/C23H29NO12/c1-11(25)32-17-18(33-12(2)26)20(34-13(3)27)23(36-19(17)22(29)31-5)35-15-8-6-14(7-9-15)10-16(24)21(28)30-4/h6-9,16-20,23H,10,24H2,1-5H3/t16-,17-,18-,19-,20+,23+/m0/s1. The first kappa shape index (κ1) is 28.5. The molecule has 0 aromatic heterocycles. The zero-order valence-electron chi connectivity index (χ0n) is 20.5. The van der Waals surface area contributed by atoms with Crippen molar-refractivity contribution in [2.75, 3.05) is 14.2 Å². The SMILES string of the molecule is COC(=O)[C@H]1O[C@@H](Oc2ccc(C[C@H](N)C(=O)OC)cc2)[C@H](OC(C)=O)[C@@H](OC(C)=O)[C@@H]1OC(C)=O. The van der Waals surface area contributed by atoms with Gasteiger partial charge in [-0.3, -0.25) is 19.2 Å². The number of rotatable bonds is 9. The maximum absolute atomic E-state index is 12.5. The Kier molecular flexibility index (Phi) is 10.2. The largest absolute Gasteiger partial charge is 0.468 e. The zero-order valence-corrected chi connectivity index (χ0v) is 20.5. The Morgan fingerprint density at radius 2 is 1.36 bits per heavy atom. The average Bonchev–Trinajstić information content (AvgIpc) is 2.81. The predicted molar refractivity (Wildman–Crippen MR) is 118 cm³/mol. The van der Waals surface area contributed by atoms with E-state index < -0.39 is 66.6 Å². The fraction of sp³-hybridized carbons (Fsp3) is 0.522. The Labute approximate surface area is 207 Å². The van der Waals surface area contributed by atoms with Crippen molar-refractivity contribution in [3.05, 3.63) is 29.8 Å². The summed E-state index contributed by atoms with van der Waals surface area (Å²) in [6, 6.07) is 5.45. The van der Waals surface area contributed by atoms with E-state index in [2.05, 4.69) is 4.74 Å². The molecule has 36 heavy (non-hydrogen) atoms. The highest BCUT2D eigenvalue weighted by molar-refractivity contribution is 5.77. The first-order chi connectivity index (χ1) is 17.0. The first-order valence-electron chi connectivity index (χ1n) is 10.8. The second kappa shape index (κ2) is 12.8. The molecule has 0 amide bonds. The van der Waals surface area contributed by atoms with Gasteiger partial charge < -0.3 is 38.9 Å². The van der Waals surface area contributed by atoms with Crippen LogP contribution < -0.4 is 10.5 Å². The molecule has 6 atom stereocenters. The van der Waals surface area contributed by atoms with Crippen molar-refractivity contribution in [3.8, 4) is 5.75 Å². The van der Waals surface area contributed by atoms with Crippen molar-refractivity contribution in [2.45, 2.75) is 63.9 Å². The van der Waals surface area contributed by atoms with E-state index in [1.807, 2.05) is 0 Å². The van der Waals surface area contributed by atoms with Gasteiger partial charge in [-0.15, -0.1) is 0 Å². The summed E-state index contributed by atoms with van der Waals surface area (Å²) in [7, 11) is 2.32. The lowest BCUT2D eigenvalue weighted by Gasteiger charge is -2.43. The third-order valence-corrected chi connectivity index (χ3v) is 4.97. The van der Waals surface area contributed by atoms with Gasteiger partial charge in [-0.1, -0.05) is 12.1 Å². The smallest absolute Gasteiger partial charge is 0.339 e. The van der Waals surface area contributed by atoms with Crippen LogP contribution in [0.1, 0.15) is 26.3 Å². The number of carbonyl (C=O) groups is 5. The van der Waals surface area contributed by atoms with Crippen LogP contribution in [-0.2, 0) is 58.8 Å². The highest BCUT2D eigenvalue weighted by Crippen LogP contribution is 2.31. The molecule has 2 rings (SSSR count). The van der Waals surface area contributed by atoms with Crippen molar-refractivity contribution in [2.24, 2.45) is 5.73 Å². The topological polar surface area (TPSA) is 176 Å². The van der Waals surface area contributed by atoms with Gasteiger partial charge in [0, 0.05) is 20.8 Å². The van der Waals surface area contributed by atoms with Gasteiger partial charge in [-0.05, 0) is 24.1 Å². The fourth-order valence-electron chi connectivity index (χ4n) is 3.50. The number of ether oxygens (including phenoxy) is 7. The summed E-state index contributed by atoms with van der Waals surface area (Å²) in [4.78, 5) is 59.4. The maximum Gasteiger partial charge on any atom is 0.339 e. The molecule has 0 radical (unpaired) electrons. The second-order valence-corrected chi connectivity index (χ2v) is 7.77. The van der Waals surface area contributed by atoms with E-state index in [0.717, 1.165) is 27.9 Å². The van der Waals surface area contributed by atoms with Gasteiger partial charge in [0.2, 0.25) is 12.4 Å². The Hall–Kier alpha value is -3.71. The minimum absolute atomic E-state index is 0.200. The van der Waals surface area contributed by atoms with E-state index in [4.69, 9.17) is 34.2 Å². The van der Waals surface area contributed by atoms with Gasteiger partial charge in [0.1, 0.15) is 11.8 Å². The number of esters is 5. The molecule has 13 nitrogen and oxygen atoms in total. The van der Waals surface area contributed by atoms with E-state index in [9.17, 15) is 24.0 Å². The number of hydrogen-bond acceptors (Lipinski definition) is 13. The first-order valence-corrected chi connectivity index (χ1v) is 10.8. The summed E-state index contributed by atoms with van der Waals surface area (Å²) in [5.41, 5.74) is 6.47. The van der Waals surface area contributed by atoms with Gasteiger partial charge >= 0.3 is 29.8 Å². The van der Waals surface area contributed by atoms with E-state index >= 15 is 0 Å². The number of carbonyl (C=O) groups excluding carboxylic acids is 5. The van der Waals surface area contributed by atoms with Gasteiger partial charge in [-0.2, -0.15) is 0 Å². The van der Waals surface area contributed by atoms with Crippen molar-refractivity contribution in [1.29, 1.82) is 0 Å². The van der Waals surface area contributed by atoms with Crippen LogP contribution in [0.3, 0.4) is 0 Å². The lowest BCUT2D eigenvalue weighted by Crippen LogP contribution is -2.64. The van der Waals surface area contributed by atoms with Gasteiger partial charge in [0.05, 0.1) is 14.2 Å². The molecule has 0 bridgehead atoms. The minimum atomic E-state index is -1.57. The summed E-state index contributed by atoms with van der Waals surface area (Å²) in [6.45, 7) is 3.27. The van der Waals surface area contributed by atoms with Crippen molar-refractivity contribution < 1.29 is 57.1 Å². The highest BCUT2D eigenvalue weighted by Gasteiger charge is 2.55. The molecule has 0 spiro atoms. The molecule has 1 heterocycles. The van der Waals surface area contributed by atoms with Gasteiger partial charge in [-0.25, -0.2) is 4.79 Å². The fourth-order valence-corrected chi connectivity index (χ4v) is 3.50. The number of methoxy groups -OCH3 is 2. The van der Waals surface area contributed by atoms with E-state index in [-0.39, 0.29) is 12.2 Å². The molecular formula is C23H29NO12. The molecular weight excluding hydrogens is 482 g/mol. The van der Waals surface area contributed by atoms with Crippen molar-refractivity contribution in [3.63, 3.8) is 0 Å². The molecule has 0 unspecified atom stereocenters. The lowest BCUT2D eigenvalue weighted by molar-refractivity contribution is -0.282. The predicted octanol–water partition coefficient (Wildman–Crippen LogP) is -0.199. The summed E-state index contributed by atoms with van der Waals surface area (Å²) >= 11 is 0. The number of nitrogens with two attached hydrogens (primary N) is 1. The normalized spacial score (nSPS) is 24.0. The van der Waals surface area contributed by atoms with E-state index in [1.54, 1.807) is 12.1 Å². The van der Waals surface area contributed by atoms with Crippen LogP contribution in [0.4, 0.5) is 0 Å². The second-order valence-electron chi connectivity index (χ2n) is 7.77. The summed E-state index contributed by atoms with van der Waals surface area (Å²) in [6.07, 6.45) is -7.23. The van der Waals surface area contributed by atoms with Crippen LogP contribution in [0.2, 0.25) is 0 Å². The van der Waals surface area contributed by atoms with E-state index in [1.165, 1.54) is 19.2 Å². The molecule has 1 aromatic rings. The minimum Gasteiger partial charge on any atom is -0.468 e. The molecule has 198 valence electrons. The van der Waals surface area contributed by atoms with Gasteiger partial charge in [0.25, 0.3) is 0 Å². The molecule has 1 saturated heterocycles. The Balaban J connectivity index is 2.37. The highest BCUT2D eigenvalue weighted by atomic mass is 16.7. The Morgan fingerprint density at radius 3 is 1.86 bits per heavy atom. The number of hydrogen-bond donors (Lipinski definition) is 1. The molecule has 2 N–H and O–H groups in total. The van der Waals surface area contributed by atoms with Crippen molar-refractivity contribution >= 4 is 29.8 Å². The average molecular weight is 511 g/mol. The zero-order chi connectivity index (χ0) is 27.0. The molecule has 0 aliphatic carbocycles. The van der Waals surface area contributed by atoms with E-state index in [0.29, 0.717) is 5.56 Å². The molecule has 0 saturated carbocycles. The van der Waals surface area contributed by atoms with Crippen LogP contribution in [0.5, 0.6) is 5.75 Å². The Bertz CT molecular complexity index is 962. The van der Waals surface area contributed by atoms with Gasteiger partial charge in [0.15, 0.2) is 18.3 Å².